The molecular formula is C18H21N3S2. The van der Waals surface area contributed by atoms with Gasteiger partial charge in [-0.15, -0.1) is 0 Å². The van der Waals surface area contributed by atoms with E-state index in [1.807, 2.05) is 0 Å². The van der Waals surface area contributed by atoms with Gasteiger partial charge in [0, 0.05) is 30.6 Å². The highest BCUT2D eigenvalue weighted by Crippen LogP contribution is 2.51. The molecule has 5 heteroatoms. The van der Waals surface area contributed by atoms with Gasteiger partial charge in [-0.1, -0.05) is 30.4 Å². The first-order valence-corrected chi connectivity index (χ1v) is 9.44. The summed E-state index contributed by atoms with van der Waals surface area (Å²) in [6, 6.07) is 9.84. The third-order valence-electron chi connectivity index (χ3n) is 6.32. The van der Waals surface area contributed by atoms with Crippen LogP contribution in [0.25, 0.3) is 0 Å². The summed E-state index contributed by atoms with van der Waals surface area (Å²) in [6.07, 6.45) is 3.70. The van der Waals surface area contributed by atoms with Crippen LogP contribution in [-0.4, -0.2) is 52.1 Å². The van der Waals surface area contributed by atoms with Crippen molar-refractivity contribution in [2.45, 2.75) is 37.3 Å². The van der Waals surface area contributed by atoms with E-state index in [2.05, 4.69) is 46.0 Å². The molecule has 1 aromatic rings. The normalized spacial score (nSPS) is 35.9. The van der Waals surface area contributed by atoms with Crippen LogP contribution in [0.1, 0.15) is 30.7 Å². The fourth-order valence-electron chi connectivity index (χ4n) is 5.38. The molecule has 0 bridgehead atoms. The summed E-state index contributed by atoms with van der Waals surface area (Å²) in [5.41, 5.74) is 2.81. The highest BCUT2D eigenvalue weighted by Gasteiger charge is 2.55. The molecule has 0 N–H and O–H groups in total. The van der Waals surface area contributed by atoms with Gasteiger partial charge in [0.25, 0.3) is 0 Å². The largest absolute Gasteiger partial charge is 0.316 e. The molecule has 4 atom stereocenters. The fourth-order valence-corrected chi connectivity index (χ4v) is 6.10. The first kappa shape index (κ1) is 14.3. The number of anilines is 1. The van der Waals surface area contributed by atoms with E-state index in [0.717, 1.165) is 10.1 Å². The molecule has 23 heavy (non-hydrogen) atoms. The molecule has 0 spiro atoms. The van der Waals surface area contributed by atoms with Crippen molar-refractivity contribution in [1.82, 2.24) is 9.80 Å². The minimum atomic E-state index is 0.460. The van der Waals surface area contributed by atoms with E-state index in [1.165, 1.54) is 43.6 Å². The number of benzene rings is 1. The highest BCUT2D eigenvalue weighted by atomic mass is 32.1. The number of rotatable bonds is 0. The van der Waals surface area contributed by atoms with Crippen LogP contribution in [0, 0.1) is 5.92 Å². The summed E-state index contributed by atoms with van der Waals surface area (Å²) in [6.45, 7) is 2.41. The van der Waals surface area contributed by atoms with E-state index in [9.17, 15) is 0 Å². The molecular weight excluding hydrogens is 322 g/mol. The zero-order valence-corrected chi connectivity index (χ0v) is 14.9. The molecule has 120 valence electrons. The Morgan fingerprint density at radius 1 is 1.00 bits per heavy atom. The Hall–Kier alpha value is -1.04. The molecule has 4 aliphatic rings. The molecule has 4 unspecified atom stereocenters. The first-order valence-electron chi connectivity index (χ1n) is 8.62. The maximum absolute atomic E-state index is 5.89. The van der Waals surface area contributed by atoms with Gasteiger partial charge in [0.1, 0.15) is 0 Å². The molecule has 3 fully saturated rings. The van der Waals surface area contributed by atoms with Crippen molar-refractivity contribution < 1.29 is 0 Å². The molecule has 0 aliphatic carbocycles. The minimum absolute atomic E-state index is 0.460. The second-order valence-corrected chi connectivity index (χ2v) is 8.05. The molecule has 0 amide bonds. The molecule has 0 saturated carbocycles. The average Bonchev–Trinajstić information content (AvgIpc) is 2.90. The third kappa shape index (κ3) is 1.79. The molecule has 0 radical (unpaired) electrons. The summed E-state index contributed by atoms with van der Waals surface area (Å²) < 4.78 is 0. The Bertz CT molecular complexity index is 703. The van der Waals surface area contributed by atoms with Crippen LogP contribution in [-0.2, 0) is 0 Å². The number of thiocarbonyl (C=S) groups is 2. The standard InChI is InChI=1S/C18H21N3S2/c1-19-17(22)13-6-4-9-20-10-8-12-11-5-2-3-7-14(11)21(18(19)23)16(12)15(13)20/h2-3,5,7,12-13,15-16H,4,6,8-10H2,1H3. The lowest BCUT2D eigenvalue weighted by Gasteiger charge is -2.50. The van der Waals surface area contributed by atoms with Crippen LogP contribution in [0.15, 0.2) is 24.3 Å². The number of hydrogen-bond acceptors (Lipinski definition) is 3. The number of hydrogen-bond donors (Lipinski definition) is 0. The van der Waals surface area contributed by atoms with E-state index >= 15 is 0 Å². The second-order valence-electron chi connectivity index (χ2n) is 7.27. The summed E-state index contributed by atoms with van der Waals surface area (Å²) in [7, 11) is 2.07. The van der Waals surface area contributed by atoms with Crippen molar-refractivity contribution in [3.63, 3.8) is 0 Å². The van der Waals surface area contributed by atoms with E-state index in [0.29, 0.717) is 23.9 Å². The number of nitrogens with zero attached hydrogens (tertiary/aromatic N) is 3. The molecule has 5 rings (SSSR count). The van der Waals surface area contributed by atoms with Crippen molar-refractivity contribution in [1.29, 1.82) is 0 Å². The third-order valence-corrected chi connectivity index (χ3v) is 7.37. The van der Waals surface area contributed by atoms with Gasteiger partial charge in [-0.05, 0) is 56.2 Å². The monoisotopic (exact) mass is 343 g/mol. The minimum Gasteiger partial charge on any atom is -0.316 e. The van der Waals surface area contributed by atoms with Crippen molar-refractivity contribution in [3.8, 4) is 0 Å². The van der Waals surface area contributed by atoms with Gasteiger partial charge in [-0.3, -0.25) is 4.90 Å². The second kappa shape index (κ2) is 4.98. The van der Waals surface area contributed by atoms with E-state index in [1.54, 1.807) is 0 Å². The lowest BCUT2D eigenvalue weighted by Crippen LogP contribution is -2.61. The Balaban J connectivity index is 1.72. The summed E-state index contributed by atoms with van der Waals surface area (Å²) in [5.74, 6) is 1.06. The predicted octanol–water partition coefficient (Wildman–Crippen LogP) is 3.00. The number of fused-ring (bicyclic) bond motifs is 3. The fraction of sp³-hybridized carbons (Fsp3) is 0.556. The smallest absolute Gasteiger partial charge is 0.181 e. The lowest BCUT2D eigenvalue weighted by molar-refractivity contribution is 0.0639. The zero-order valence-electron chi connectivity index (χ0n) is 13.3. The van der Waals surface area contributed by atoms with Gasteiger partial charge in [0.15, 0.2) is 5.11 Å². The van der Waals surface area contributed by atoms with Crippen LogP contribution in [0.3, 0.4) is 0 Å². The van der Waals surface area contributed by atoms with Gasteiger partial charge >= 0.3 is 0 Å². The molecule has 1 aromatic carbocycles. The zero-order chi connectivity index (χ0) is 15.7. The molecule has 4 aliphatic heterocycles. The topological polar surface area (TPSA) is 9.72 Å². The van der Waals surface area contributed by atoms with E-state index < -0.39 is 0 Å². The number of piperidine rings is 2. The molecule has 3 saturated heterocycles. The Morgan fingerprint density at radius 3 is 2.70 bits per heavy atom. The van der Waals surface area contributed by atoms with Gasteiger partial charge in [0.05, 0.1) is 11.0 Å². The van der Waals surface area contributed by atoms with Gasteiger partial charge in [-0.25, -0.2) is 0 Å². The Morgan fingerprint density at radius 2 is 1.83 bits per heavy atom. The van der Waals surface area contributed by atoms with Crippen molar-refractivity contribution >= 4 is 40.2 Å². The lowest BCUT2D eigenvalue weighted by atomic mass is 9.75. The van der Waals surface area contributed by atoms with E-state index in [4.69, 9.17) is 24.4 Å². The van der Waals surface area contributed by atoms with Crippen LogP contribution in [0.5, 0.6) is 0 Å². The maximum Gasteiger partial charge on any atom is 0.181 e. The van der Waals surface area contributed by atoms with Crippen molar-refractivity contribution in [2.75, 3.05) is 25.0 Å². The number of para-hydroxylation sites is 1. The van der Waals surface area contributed by atoms with Gasteiger partial charge in [-0.2, -0.15) is 0 Å². The molecule has 4 heterocycles. The highest BCUT2D eigenvalue weighted by molar-refractivity contribution is 7.82. The van der Waals surface area contributed by atoms with Crippen LogP contribution < -0.4 is 4.90 Å². The Kier molecular flexibility index (Phi) is 3.10. The average molecular weight is 344 g/mol. The van der Waals surface area contributed by atoms with Crippen LogP contribution in [0.2, 0.25) is 0 Å². The molecule has 3 nitrogen and oxygen atoms in total. The van der Waals surface area contributed by atoms with Crippen LogP contribution in [0.4, 0.5) is 5.69 Å². The maximum atomic E-state index is 5.89. The Labute approximate surface area is 148 Å². The van der Waals surface area contributed by atoms with E-state index in [-0.39, 0.29) is 0 Å². The van der Waals surface area contributed by atoms with Crippen molar-refractivity contribution in [2.24, 2.45) is 5.92 Å². The van der Waals surface area contributed by atoms with Crippen LogP contribution >= 0.6 is 24.4 Å². The van der Waals surface area contributed by atoms with Gasteiger partial charge < -0.3 is 9.80 Å². The van der Waals surface area contributed by atoms with Gasteiger partial charge in [0.2, 0.25) is 0 Å². The quantitative estimate of drug-likeness (QED) is 0.668. The summed E-state index contributed by atoms with van der Waals surface area (Å²) in [4.78, 5) is 8.29. The summed E-state index contributed by atoms with van der Waals surface area (Å²) in [5, 5.41) is 0.895. The van der Waals surface area contributed by atoms with Crippen molar-refractivity contribution in [3.05, 3.63) is 29.8 Å². The molecule has 0 aromatic heterocycles. The first-order chi connectivity index (χ1) is 11.2. The predicted molar refractivity (Wildman–Crippen MR) is 101 cm³/mol. The SMILES string of the molecule is CN1C(=S)C2CCCN3CCC4c5ccccc5N(C1=S)C4C23. The summed E-state index contributed by atoms with van der Waals surface area (Å²) >= 11 is 11.8.